The molecule has 3 aromatic carbocycles. The van der Waals surface area contributed by atoms with E-state index in [4.69, 9.17) is 4.74 Å². The summed E-state index contributed by atoms with van der Waals surface area (Å²) in [5.74, 6) is 2.68. The summed E-state index contributed by atoms with van der Waals surface area (Å²) in [6, 6.07) is 15.7. The zero-order chi connectivity index (χ0) is 20.4. The second-order valence-electron chi connectivity index (χ2n) is 9.25. The summed E-state index contributed by atoms with van der Waals surface area (Å²) in [6.45, 7) is 4.47. The van der Waals surface area contributed by atoms with Gasteiger partial charge < -0.3 is 4.74 Å². The van der Waals surface area contributed by atoms with Crippen LogP contribution in [0.4, 0.5) is 0 Å². The minimum atomic E-state index is 0.666. The Labute approximate surface area is 178 Å². The molecule has 2 heteroatoms. The van der Waals surface area contributed by atoms with Crippen LogP contribution in [0.1, 0.15) is 54.7 Å². The second-order valence-corrected chi connectivity index (χ2v) is 9.25. The van der Waals surface area contributed by atoms with Gasteiger partial charge in [0.15, 0.2) is 6.20 Å². The van der Waals surface area contributed by atoms with E-state index in [9.17, 15) is 0 Å². The average molecular weight is 395 g/mol. The molecule has 4 aromatic rings. The minimum absolute atomic E-state index is 0.666. The molecule has 0 amide bonds. The number of aromatic nitrogens is 1. The Morgan fingerprint density at radius 2 is 1.70 bits per heavy atom. The van der Waals surface area contributed by atoms with Gasteiger partial charge in [-0.3, -0.25) is 0 Å². The van der Waals surface area contributed by atoms with Crippen molar-refractivity contribution >= 4 is 21.5 Å². The van der Waals surface area contributed by atoms with E-state index >= 15 is 0 Å². The van der Waals surface area contributed by atoms with Crippen LogP contribution in [0, 0.1) is 13.8 Å². The van der Waals surface area contributed by atoms with Crippen molar-refractivity contribution in [1.29, 1.82) is 0 Å². The van der Waals surface area contributed by atoms with Crippen molar-refractivity contribution < 1.29 is 9.30 Å². The number of rotatable bonds is 1. The van der Waals surface area contributed by atoms with Crippen molar-refractivity contribution in [3.63, 3.8) is 0 Å². The lowest BCUT2D eigenvalue weighted by molar-refractivity contribution is -0.659. The Bertz CT molecular complexity index is 1330. The fraction of sp³-hybridized carbons (Fsp3) is 0.321. The highest BCUT2D eigenvalue weighted by Crippen LogP contribution is 2.50. The summed E-state index contributed by atoms with van der Waals surface area (Å²) in [7, 11) is 2.17. The van der Waals surface area contributed by atoms with Gasteiger partial charge in [-0.2, -0.15) is 4.57 Å². The van der Waals surface area contributed by atoms with Gasteiger partial charge in [-0.25, -0.2) is 0 Å². The Kier molecular flexibility index (Phi) is 3.93. The Balaban J connectivity index is 1.68. The third kappa shape index (κ3) is 2.52. The zero-order valence-corrected chi connectivity index (χ0v) is 18.1. The summed E-state index contributed by atoms with van der Waals surface area (Å²) >= 11 is 0. The van der Waals surface area contributed by atoms with Crippen molar-refractivity contribution in [2.45, 2.75) is 51.9 Å². The zero-order valence-electron chi connectivity index (χ0n) is 18.1. The first-order chi connectivity index (χ1) is 14.6. The SMILES string of the molecule is Cc1c2c(cc3ccccc13)Oc1cc(C3CCCCC3)cc3c(C)c[n+](C)c-2c13. The number of fused-ring (bicyclic) bond motifs is 3. The van der Waals surface area contributed by atoms with Crippen LogP contribution in [-0.4, -0.2) is 0 Å². The average Bonchev–Trinajstić information content (AvgIpc) is 2.77. The number of benzene rings is 3. The van der Waals surface area contributed by atoms with Crippen LogP contribution < -0.4 is 9.30 Å². The first-order valence-electron chi connectivity index (χ1n) is 11.3. The number of aryl methyl sites for hydroxylation is 3. The van der Waals surface area contributed by atoms with E-state index in [0.29, 0.717) is 5.92 Å². The molecule has 6 rings (SSSR count). The summed E-state index contributed by atoms with van der Waals surface area (Å²) in [5, 5.41) is 5.16. The van der Waals surface area contributed by atoms with Gasteiger partial charge in [0.1, 0.15) is 18.5 Å². The Morgan fingerprint density at radius 3 is 2.53 bits per heavy atom. The quantitative estimate of drug-likeness (QED) is 0.273. The molecule has 1 aromatic heterocycles. The van der Waals surface area contributed by atoms with Crippen LogP contribution in [0.3, 0.4) is 0 Å². The van der Waals surface area contributed by atoms with Crippen LogP contribution in [0.15, 0.2) is 48.7 Å². The highest BCUT2D eigenvalue weighted by Gasteiger charge is 2.32. The third-order valence-corrected chi connectivity index (χ3v) is 7.33. The lowest BCUT2D eigenvalue weighted by Gasteiger charge is -2.26. The highest BCUT2D eigenvalue weighted by molar-refractivity contribution is 6.06. The summed E-state index contributed by atoms with van der Waals surface area (Å²) < 4.78 is 8.96. The van der Waals surface area contributed by atoms with Gasteiger partial charge in [0.25, 0.3) is 0 Å². The molecule has 150 valence electrons. The molecule has 1 saturated carbocycles. The normalized spacial score (nSPS) is 16.0. The molecule has 2 aliphatic rings. The van der Waals surface area contributed by atoms with Crippen LogP contribution in [-0.2, 0) is 7.05 Å². The number of ether oxygens (including phenoxy) is 1. The van der Waals surface area contributed by atoms with E-state index in [0.717, 1.165) is 11.5 Å². The van der Waals surface area contributed by atoms with Crippen molar-refractivity contribution in [2.75, 3.05) is 0 Å². The smallest absolute Gasteiger partial charge is 0.228 e. The monoisotopic (exact) mass is 394 g/mol. The molecule has 0 N–H and O–H groups in total. The van der Waals surface area contributed by atoms with Gasteiger partial charge in [0.2, 0.25) is 5.69 Å². The molecule has 30 heavy (non-hydrogen) atoms. The molecule has 0 bridgehead atoms. The molecular formula is C28H28NO+. The predicted molar refractivity (Wildman–Crippen MR) is 123 cm³/mol. The molecule has 0 atom stereocenters. The predicted octanol–water partition coefficient (Wildman–Crippen LogP) is 7.25. The van der Waals surface area contributed by atoms with Crippen molar-refractivity contribution in [3.05, 3.63) is 65.4 Å². The number of hydrogen-bond acceptors (Lipinski definition) is 1. The minimum Gasteiger partial charge on any atom is -0.456 e. The summed E-state index contributed by atoms with van der Waals surface area (Å²) in [4.78, 5) is 0. The van der Waals surface area contributed by atoms with Gasteiger partial charge in [-0.1, -0.05) is 43.5 Å². The molecule has 2 nitrogen and oxygen atoms in total. The fourth-order valence-corrected chi connectivity index (χ4v) is 5.84. The maximum atomic E-state index is 6.67. The maximum absolute atomic E-state index is 6.67. The Morgan fingerprint density at radius 1 is 0.900 bits per heavy atom. The van der Waals surface area contributed by atoms with Gasteiger partial charge in [-0.05, 0) is 72.7 Å². The molecule has 0 spiro atoms. The molecule has 0 unspecified atom stereocenters. The lowest BCUT2D eigenvalue weighted by Crippen LogP contribution is -2.32. The van der Waals surface area contributed by atoms with Crippen molar-refractivity contribution in [3.8, 4) is 22.8 Å². The van der Waals surface area contributed by atoms with E-state index in [-0.39, 0.29) is 0 Å². The molecule has 1 fully saturated rings. The standard InChI is InChI=1S/C28H28NO/c1-17-16-29(3)28-26-18(2)22-12-8-7-11-20(22)14-24(26)30-25-15-21(13-23(17)27(25)28)19-9-5-4-6-10-19/h7-8,11-16,19H,4-6,9-10H2,1-3H3/q+1. The lowest BCUT2D eigenvalue weighted by atomic mass is 9.82. The Hall–Kier alpha value is -2.87. The van der Waals surface area contributed by atoms with Gasteiger partial charge in [0, 0.05) is 10.9 Å². The molecular weight excluding hydrogens is 366 g/mol. The van der Waals surface area contributed by atoms with Gasteiger partial charge in [0.05, 0.1) is 10.9 Å². The highest BCUT2D eigenvalue weighted by atomic mass is 16.5. The van der Waals surface area contributed by atoms with E-state index < -0.39 is 0 Å². The summed E-state index contributed by atoms with van der Waals surface area (Å²) in [6.07, 6.45) is 8.97. The number of hydrogen-bond donors (Lipinski definition) is 0. The maximum Gasteiger partial charge on any atom is 0.228 e. The van der Waals surface area contributed by atoms with Crippen LogP contribution >= 0.6 is 0 Å². The van der Waals surface area contributed by atoms with Crippen LogP contribution in [0.25, 0.3) is 32.8 Å². The molecule has 0 saturated heterocycles. The van der Waals surface area contributed by atoms with Crippen LogP contribution in [0.5, 0.6) is 11.5 Å². The van der Waals surface area contributed by atoms with Gasteiger partial charge >= 0.3 is 0 Å². The summed E-state index contributed by atoms with van der Waals surface area (Å²) in [5.41, 5.74) is 6.59. The molecule has 2 heterocycles. The largest absolute Gasteiger partial charge is 0.456 e. The first-order valence-corrected chi connectivity index (χ1v) is 11.3. The third-order valence-electron chi connectivity index (χ3n) is 7.33. The van der Waals surface area contributed by atoms with E-state index in [1.54, 1.807) is 0 Å². The van der Waals surface area contributed by atoms with Crippen molar-refractivity contribution in [2.24, 2.45) is 7.05 Å². The molecule has 1 aliphatic heterocycles. The molecule has 0 radical (unpaired) electrons. The van der Waals surface area contributed by atoms with E-state index in [1.807, 2.05) is 0 Å². The van der Waals surface area contributed by atoms with Gasteiger partial charge in [-0.15, -0.1) is 0 Å². The molecule has 1 aliphatic carbocycles. The van der Waals surface area contributed by atoms with E-state index in [1.165, 1.54) is 81.6 Å². The first kappa shape index (κ1) is 17.9. The van der Waals surface area contributed by atoms with Crippen LogP contribution in [0.2, 0.25) is 0 Å². The number of pyridine rings is 1. The van der Waals surface area contributed by atoms with Crippen molar-refractivity contribution in [1.82, 2.24) is 0 Å². The topological polar surface area (TPSA) is 13.1 Å². The second kappa shape index (κ2) is 6.57. The van der Waals surface area contributed by atoms with E-state index in [2.05, 4.69) is 74.1 Å². The number of nitrogens with zero attached hydrogens (tertiary/aromatic N) is 1. The fourth-order valence-electron chi connectivity index (χ4n) is 5.84.